The summed E-state index contributed by atoms with van der Waals surface area (Å²) in [5.74, 6) is 0.338. The Morgan fingerprint density at radius 2 is 1.62 bits per heavy atom. The van der Waals surface area contributed by atoms with Gasteiger partial charge in [0, 0.05) is 25.1 Å². The molecule has 1 aliphatic carbocycles. The van der Waals surface area contributed by atoms with Crippen molar-refractivity contribution in [2.75, 3.05) is 20.3 Å². The second kappa shape index (κ2) is 12.5. The largest absolute Gasteiger partial charge is 0.496 e. The van der Waals surface area contributed by atoms with Crippen molar-refractivity contribution in [3.63, 3.8) is 0 Å². The first-order chi connectivity index (χ1) is 19.1. The maximum atomic E-state index is 14.4. The van der Waals surface area contributed by atoms with Gasteiger partial charge in [0.2, 0.25) is 5.91 Å². The Bertz CT molecular complexity index is 1230. The third-order valence-electron chi connectivity index (χ3n) is 8.00. The van der Waals surface area contributed by atoms with Crippen LogP contribution >= 0.6 is 0 Å². The Labute approximate surface area is 230 Å². The Morgan fingerprint density at radius 1 is 0.949 bits per heavy atom. The van der Waals surface area contributed by atoms with Gasteiger partial charge in [-0.2, -0.15) is 0 Å². The van der Waals surface area contributed by atoms with Crippen molar-refractivity contribution in [1.29, 1.82) is 0 Å². The average molecular weight is 528 g/mol. The van der Waals surface area contributed by atoms with E-state index in [0.29, 0.717) is 25.5 Å². The number of ether oxygens (including phenoxy) is 3. The van der Waals surface area contributed by atoms with Crippen LogP contribution in [0, 0.1) is 5.92 Å². The van der Waals surface area contributed by atoms with Gasteiger partial charge < -0.3 is 19.1 Å². The minimum Gasteiger partial charge on any atom is -0.496 e. The minimum absolute atomic E-state index is 0.116. The zero-order valence-corrected chi connectivity index (χ0v) is 22.8. The van der Waals surface area contributed by atoms with Gasteiger partial charge in [0.25, 0.3) is 0 Å². The minimum atomic E-state index is -0.739. The second-order valence-electron chi connectivity index (χ2n) is 10.4. The molecule has 6 nitrogen and oxygen atoms in total. The molecular formula is C33H37NO5. The van der Waals surface area contributed by atoms with Crippen molar-refractivity contribution < 1.29 is 23.8 Å². The Kier molecular flexibility index (Phi) is 8.62. The molecule has 0 N–H and O–H groups in total. The first-order valence-corrected chi connectivity index (χ1v) is 13.9. The highest BCUT2D eigenvalue weighted by molar-refractivity contribution is 5.91. The SMILES string of the molecule is CCOC(=O)C1Cc2c(ccc(OC)c2COCC2CCC2)CN1C(=O)C(c1ccccc1)c1ccccc1. The van der Waals surface area contributed by atoms with Gasteiger partial charge in [-0.15, -0.1) is 0 Å². The van der Waals surface area contributed by atoms with Crippen LogP contribution in [0.1, 0.15) is 59.9 Å². The van der Waals surface area contributed by atoms with Crippen LogP contribution in [0.4, 0.5) is 0 Å². The maximum absolute atomic E-state index is 14.4. The molecule has 1 aliphatic heterocycles. The molecule has 0 bridgehead atoms. The number of amides is 1. The molecule has 1 fully saturated rings. The summed E-state index contributed by atoms with van der Waals surface area (Å²) in [7, 11) is 1.66. The third kappa shape index (κ3) is 5.86. The molecule has 6 heteroatoms. The van der Waals surface area contributed by atoms with Crippen molar-refractivity contribution in [3.05, 3.63) is 101 Å². The number of rotatable bonds is 10. The summed E-state index contributed by atoms with van der Waals surface area (Å²) in [6.45, 7) is 3.51. The molecule has 3 aromatic carbocycles. The van der Waals surface area contributed by atoms with E-state index in [2.05, 4.69) is 0 Å². The zero-order valence-electron chi connectivity index (χ0n) is 22.8. The molecule has 2 aliphatic rings. The molecule has 1 atom stereocenters. The van der Waals surface area contributed by atoms with E-state index in [1.54, 1.807) is 18.9 Å². The summed E-state index contributed by atoms with van der Waals surface area (Å²) in [4.78, 5) is 29.5. The molecule has 1 saturated carbocycles. The van der Waals surface area contributed by atoms with E-state index in [1.807, 2.05) is 72.8 Å². The molecule has 0 saturated heterocycles. The monoisotopic (exact) mass is 527 g/mol. The van der Waals surface area contributed by atoms with E-state index in [-0.39, 0.29) is 18.5 Å². The van der Waals surface area contributed by atoms with Crippen LogP contribution in [0.15, 0.2) is 72.8 Å². The molecule has 1 heterocycles. The van der Waals surface area contributed by atoms with Crippen LogP contribution in [0.5, 0.6) is 5.75 Å². The van der Waals surface area contributed by atoms with Gasteiger partial charge in [-0.05, 0) is 54.0 Å². The number of methoxy groups -OCH3 is 1. The summed E-state index contributed by atoms with van der Waals surface area (Å²) in [6, 6.07) is 22.7. The maximum Gasteiger partial charge on any atom is 0.329 e. The van der Waals surface area contributed by atoms with Gasteiger partial charge in [-0.3, -0.25) is 4.79 Å². The van der Waals surface area contributed by atoms with Gasteiger partial charge in [0.05, 0.1) is 26.2 Å². The summed E-state index contributed by atoms with van der Waals surface area (Å²) in [6.07, 6.45) is 4.07. The summed E-state index contributed by atoms with van der Waals surface area (Å²) < 4.78 is 17.3. The number of benzene rings is 3. The first kappa shape index (κ1) is 26.9. The number of nitrogens with zero attached hydrogens (tertiary/aromatic N) is 1. The van der Waals surface area contributed by atoms with Crippen molar-refractivity contribution in [2.24, 2.45) is 5.92 Å². The van der Waals surface area contributed by atoms with Crippen molar-refractivity contribution in [2.45, 2.75) is 57.7 Å². The van der Waals surface area contributed by atoms with Crippen LogP contribution in [-0.2, 0) is 38.6 Å². The molecule has 1 amide bonds. The summed E-state index contributed by atoms with van der Waals surface area (Å²) in [5.41, 5.74) is 4.76. The highest BCUT2D eigenvalue weighted by Crippen LogP contribution is 2.36. The molecular weight excluding hydrogens is 490 g/mol. The molecule has 3 aromatic rings. The average Bonchev–Trinajstić information content (AvgIpc) is 2.95. The van der Waals surface area contributed by atoms with E-state index >= 15 is 0 Å². The number of hydrogen-bond donors (Lipinski definition) is 0. The predicted octanol–water partition coefficient (Wildman–Crippen LogP) is 5.66. The first-order valence-electron chi connectivity index (χ1n) is 13.9. The number of carbonyl (C=O) groups is 2. The molecule has 0 aromatic heterocycles. The third-order valence-corrected chi connectivity index (χ3v) is 8.00. The highest BCUT2D eigenvalue weighted by Gasteiger charge is 2.40. The lowest BCUT2D eigenvalue weighted by Crippen LogP contribution is -2.51. The Balaban J connectivity index is 1.50. The molecule has 1 unspecified atom stereocenters. The number of fused-ring (bicyclic) bond motifs is 1. The fourth-order valence-corrected chi connectivity index (χ4v) is 5.67. The topological polar surface area (TPSA) is 65.1 Å². The quantitative estimate of drug-likeness (QED) is 0.318. The second-order valence-corrected chi connectivity index (χ2v) is 10.4. The highest BCUT2D eigenvalue weighted by atomic mass is 16.5. The fourth-order valence-electron chi connectivity index (χ4n) is 5.67. The van der Waals surface area contributed by atoms with E-state index in [9.17, 15) is 9.59 Å². The van der Waals surface area contributed by atoms with Crippen LogP contribution in [-0.4, -0.2) is 43.1 Å². The van der Waals surface area contributed by atoms with E-state index in [4.69, 9.17) is 14.2 Å². The van der Waals surface area contributed by atoms with Gasteiger partial charge in [0.1, 0.15) is 11.8 Å². The summed E-state index contributed by atoms with van der Waals surface area (Å²) in [5, 5.41) is 0. The predicted molar refractivity (Wildman–Crippen MR) is 149 cm³/mol. The fraction of sp³-hybridized carbons (Fsp3) is 0.394. The molecule has 0 radical (unpaired) electrons. The van der Waals surface area contributed by atoms with Crippen LogP contribution in [0.2, 0.25) is 0 Å². The zero-order chi connectivity index (χ0) is 27.2. The van der Waals surface area contributed by atoms with Crippen LogP contribution in [0.3, 0.4) is 0 Å². The van der Waals surface area contributed by atoms with Gasteiger partial charge >= 0.3 is 5.97 Å². The smallest absolute Gasteiger partial charge is 0.329 e. The van der Waals surface area contributed by atoms with Crippen LogP contribution < -0.4 is 4.74 Å². The number of hydrogen-bond acceptors (Lipinski definition) is 5. The van der Waals surface area contributed by atoms with Crippen molar-refractivity contribution in [1.82, 2.24) is 4.90 Å². The summed E-state index contributed by atoms with van der Waals surface area (Å²) >= 11 is 0. The Hall–Kier alpha value is -3.64. The van der Waals surface area contributed by atoms with Gasteiger partial charge in [-0.1, -0.05) is 73.2 Å². The van der Waals surface area contributed by atoms with Crippen molar-refractivity contribution in [3.8, 4) is 5.75 Å². The van der Waals surface area contributed by atoms with E-state index < -0.39 is 12.0 Å². The molecule has 204 valence electrons. The van der Waals surface area contributed by atoms with Gasteiger partial charge in [0.15, 0.2) is 0 Å². The number of esters is 1. The normalized spacial score (nSPS) is 16.9. The Morgan fingerprint density at radius 3 is 2.18 bits per heavy atom. The molecule has 39 heavy (non-hydrogen) atoms. The molecule has 5 rings (SSSR count). The van der Waals surface area contributed by atoms with Crippen molar-refractivity contribution >= 4 is 11.9 Å². The van der Waals surface area contributed by atoms with Crippen LogP contribution in [0.25, 0.3) is 0 Å². The lowest BCUT2D eigenvalue weighted by Gasteiger charge is -2.38. The van der Waals surface area contributed by atoms with E-state index in [0.717, 1.165) is 40.2 Å². The number of carbonyl (C=O) groups excluding carboxylic acids is 2. The lowest BCUT2D eigenvalue weighted by atomic mass is 9.85. The molecule has 0 spiro atoms. The standard InChI is InChI=1S/C33H37NO5/c1-3-39-33(36)29-19-27-26(17-18-30(37-2)28(27)22-38-21-23-11-10-12-23)20-34(29)32(35)31(24-13-6-4-7-14-24)25-15-8-5-9-16-25/h4-9,13-18,23,29,31H,3,10-12,19-22H2,1-2H3. The van der Waals surface area contributed by atoms with E-state index in [1.165, 1.54) is 19.3 Å². The van der Waals surface area contributed by atoms with Gasteiger partial charge in [-0.25, -0.2) is 4.79 Å². The lowest BCUT2D eigenvalue weighted by molar-refractivity contribution is -0.156.